The van der Waals surface area contributed by atoms with E-state index >= 15 is 0 Å². The Balaban J connectivity index is 4.02. The highest BCUT2D eigenvalue weighted by Crippen LogP contribution is 2.17. The van der Waals surface area contributed by atoms with Crippen molar-refractivity contribution in [1.29, 1.82) is 0 Å². The first-order valence-corrected chi connectivity index (χ1v) is 32.1. The number of rotatable bonds is 59. The Hall–Kier alpha value is -2.63. The van der Waals surface area contributed by atoms with Crippen LogP contribution in [0.5, 0.6) is 0 Å². The molecule has 0 rings (SSSR count). The molecule has 0 N–H and O–H groups in total. The summed E-state index contributed by atoms with van der Waals surface area (Å²) in [5.41, 5.74) is 0. The van der Waals surface area contributed by atoms with E-state index in [1.807, 2.05) is 0 Å². The quantitative estimate of drug-likeness (QED) is 0.0261. The van der Waals surface area contributed by atoms with Gasteiger partial charge in [0.25, 0.3) is 0 Å². The fraction of sp³-hybridized carbons (Fsp3) is 0.836. The highest BCUT2D eigenvalue weighted by Gasteiger charge is 2.19. The molecule has 0 heterocycles. The van der Waals surface area contributed by atoms with Crippen LogP contribution in [0, 0.1) is 0 Å². The molecule has 0 spiro atoms. The summed E-state index contributed by atoms with van der Waals surface area (Å²) in [7, 11) is 0. The molecule has 0 aromatic heterocycles. The van der Waals surface area contributed by atoms with E-state index in [1.165, 1.54) is 225 Å². The number of unbranched alkanes of at least 4 members (excludes halogenated alkanes) is 40. The van der Waals surface area contributed by atoms with Gasteiger partial charge in [-0.15, -0.1) is 0 Å². The van der Waals surface area contributed by atoms with Crippen molar-refractivity contribution in [1.82, 2.24) is 0 Å². The van der Waals surface area contributed by atoms with E-state index in [1.54, 1.807) is 0 Å². The zero-order chi connectivity index (χ0) is 52.9. The van der Waals surface area contributed by atoms with Gasteiger partial charge in [-0.1, -0.05) is 288 Å². The molecule has 0 aromatic carbocycles. The molecule has 0 aliphatic rings. The number of allylic oxidation sites excluding steroid dienone is 8. The van der Waals surface area contributed by atoms with Crippen molar-refractivity contribution >= 4 is 17.9 Å². The summed E-state index contributed by atoms with van der Waals surface area (Å²) in [6.45, 7) is 6.59. The molecule has 6 heteroatoms. The maximum absolute atomic E-state index is 12.8. The van der Waals surface area contributed by atoms with Crippen molar-refractivity contribution < 1.29 is 28.6 Å². The molecule has 0 saturated carbocycles. The van der Waals surface area contributed by atoms with Crippen LogP contribution < -0.4 is 0 Å². The molecule has 0 aliphatic carbocycles. The van der Waals surface area contributed by atoms with Crippen molar-refractivity contribution in [2.45, 2.75) is 348 Å². The van der Waals surface area contributed by atoms with Crippen LogP contribution >= 0.6 is 0 Å². The topological polar surface area (TPSA) is 78.9 Å². The van der Waals surface area contributed by atoms with E-state index in [4.69, 9.17) is 14.2 Å². The third-order valence-corrected chi connectivity index (χ3v) is 14.3. The van der Waals surface area contributed by atoms with Gasteiger partial charge in [0, 0.05) is 19.3 Å². The lowest BCUT2D eigenvalue weighted by molar-refractivity contribution is -0.167. The Morgan fingerprint density at radius 3 is 0.781 bits per heavy atom. The monoisotopic (exact) mass is 1020 g/mol. The highest BCUT2D eigenvalue weighted by molar-refractivity contribution is 5.71. The van der Waals surface area contributed by atoms with Gasteiger partial charge >= 0.3 is 17.9 Å². The second kappa shape index (κ2) is 61.9. The van der Waals surface area contributed by atoms with E-state index in [0.717, 1.165) is 77.0 Å². The molecular formula is C67H122O6. The number of hydrogen-bond acceptors (Lipinski definition) is 6. The molecule has 0 fully saturated rings. The molecule has 1 atom stereocenters. The van der Waals surface area contributed by atoms with Gasteiger partial charge in [0.05, 0.1) is 0 Å². The molecular weight excluding hydrogens is 901 g/mol. The van der Waals surface area contributed by atoms with Gasteiger partial charge in [0.2, 0.25) is 0 Å². The second-order valence-corrected chi connectivity index (χ2v) is 21.7. The SMILES string of the molecule is CCCCCCC/C=C\C/C=C\C/C=C\CCCCCCCCCCCCC(=O)OCC(COC(=O)CCCCCCC)OC(=O)CCCCCCCCCCCCCCC/C=C\CCCCCCCCCC. The van der Waals surface area contributed by atoms with Crippen molar-refractivity contribution in [2.24, 2.45) is 0 Å². The summed E-state index contributed by atoms with van der Waals surface area (Å²) in [4.78, 5) is 37.9. The van der Waals surface area contributed by atoms with Crippen molar-refractivity contribution in [3.63, 3.8) is 0 Å². The molecule has 426 valence electrons. The van der Waals surface area contributed by atoms with Gasteiger partial charge < -0.3 is 14.2 Å². The first-order valence-electron chi connectivity index (χ1n) is 32.1. The molecule has 0 bridgehead atoms. The maximum atomic E-state index is 12.8. The van der Waals surface area contributed by atoms with Crippen molar-refractivity contribution in [2.75, 3.05) is 13.2 Å². The average Bonchev–Trinajstić information content (AvgIpc) is 3.39. The molecule has 73 heavy (non-hydrogen) atoms. The third kappa shape index (κ3) is 60.1. The zero-order valence-corrected chi connectivity index (χ0v) is 48.9. The van der Waals surface area contributed by atoms with Gasteiger partial charge in [-0.25, -0.2) is 0 Å². The zero-order valence-electron chi connectivity index (χ0n) is 48.9. The molecule has 0 radical (unpaired) electrons. The summed E-state index contributed by atoms with van der Waals surface area (Å²) in [6.07, 6.45) is 77.4. The Morgan fingerprint density at radius 1 is 0.274 bits per heavy atom. The van der Waals surface area contributed by atoms with Crippen LogP contribution in [0.15, 0.2) is 48.6 Å². The Labute approximate surface area is 454 Å². The van der Waals surface area contributed by atoms with Crippen LogP contribution in [0.25, 0.3) is 0 Å². The van der Waals surface area contributed by atoms with Gasteiger partial charge in [-0.2, -0.15) is 0 Å². The van der Waals surface area contributed by atoms with E-state index in [-0.39, 0.29) is 31.1 Å². The van der Waals surface area contributed by atoms with Crippen LogP contribution in [-0.4, -0.2) is 37.2 Å². The van der Waals surface area contributed by atoms with Crippen molar-refractivity contribution in [3.8, 4) is 0 Å². The van der Waals surface area contributed by atoms with Gasteiger partial charge in [-0.05, 0) is 83.5 Å². The Bertz CT molecular complexity index is 1270. The van der Waals surface area contributed by atoms with Crippen LogP contribution in [0.4, 0.5) is 0 Å². The van der Waals surface area contributed by atoms with Crippen LogP contribution in [-0.2, 0) is 28.6 Å². The maximum Gasteiger partial charge on any atom is 0.306 e. The van der Waals surface area contributed by atoms with E-state index in [0.29, 0.717) is 19.3 Å². The minimum atomic E-state index is -0.771. The lowest BCUT2D eigenvalue weighted by Gasteiger charge is -2.18. The van der Waals surface area contributed by atoms with E-state index < -0.39 is 6.10 Å². The molecule has 0 aliphatic heterocycles. The minimum absolute atomic E-state index is 0.0728. The largest absolute Gasteiger partial charge is 0.462 e. The summed E-state index contributed by atoms with van der Waals surface area (Å²) in [5, 5.41) is 0. The molecule has 0 aromatic rings. The summed E-state index contributed by atoms with van der Waals surface area (Å²) < 4.78 is 16.8. The summed E-state index contributed by atoms with van der Waals surface area (Å²) in [6, 6.07) is 0. The predicted octanol–water partition coefficient (Wildman–Crippen LogP) is 21.8. The van der Waals surface area contributed by atoms with Crippen LogP contribution in [0.1, 0.15) is 342 Å². The third-order valence-electron chi connectivity index (χ3n) is 14.3. The standard InChI is InChI=1S/C67H122O6/c1-4-7-10-13-15-17-19-21-23-25-27-29-31-33-35-37-39-41-43-45-47-49-51-54-57-60-66(69)72-63-64(62-71-65(68)59-56-53-12-9-6-3)73-67(70)61-58-55-52-50-48-46-44-42-40-38-36-34-32-30-28-26-24-22-20-18-16-14-11-8-5-2/h19,21,25-28,31,33,64H,4-18,20,22-24,29-30,32,34-63H2,1-3H3/b21-19-,27-25-,28-26-,33-31-. The fourth-order valence-electron chi connectivity index (χ4n) is 9.45. The average molecular weight is 1020 g/mol. The van der Waals surface area contributed by atoms with Crippen molar-refractivity contribution in [3.05, 3.63) is 48.6 Å². The molecule has 1 unspecified atom stereocenters. The first-order chi connectivity index (χ1) is 36.0. The lowest BCUT2D eigenvalue weighted by Crippen LogP contribution is -2.30. The molecule has 0 saturated heterocycles. The second-order valence-electron chi connectivity index (χ2n) is 21.7. The number of hydrogen-bond donors (Lipinski definition) is 0. The summed E-state index contributed by atoms with van der Waals surface area (Å²) >= 11 is 0. The van der Waals surface area contributed by atoms with Gasteiger partial charge in [0.15, 0.2) is 6.10 Å². The Morgan fingerprint density at radius 2 is 0.493 bits per heavy atom. The minimum Gasteiger partial charge on any atom is -0.462 e. The molecule has 6 nitrogen and oxygen atoms in total. The lowest BCUT2D eigenvalue weighted by atomic mass is 10.0. The summed E-state index contributed by atoms with van der Waals surface area (Å²) in [5.74, 6) is -0.874. The van der Waals surface area contributed by atoms with E-state index in [9.17, 15) is 14.4 Å². The van der Waals surface area contributed by atoms with Crippen LogP contribution in [0.2, 0.25) is 0 Å². The fourth-order valence-corrected chi connectivity index (χ4v) is 9.45. The number of carbonyl (C=O) groups is 3. The number of ether oxygens (including phenoxy) is 3. The normalized spacial score (nSPS) is 12.3. The van der Waals surface area contributed by atoms with Gasteiger partial charge in [-0.3, -0.25) is 14.4 Å². The van der Waals surface area contributed by atoms with Crippen LogP contribution in [0.3, 0.4) is 0 Å². The first kappa shape index (κ1) is 70.4. The van der Waals surface area contributed by atoms with Gasteiger partial charge in [0.1, 0.15) is 13.2 Å². The predicted molar refractivity (Wildman–Crippen MR) is 316 cm³/mol. The van der Waals surface area contributed by atoms with E-state index in [2.05, 4.69) is 69.4 Å². The Kier molecular flexibility index (Phi) is 59.7. The highest BCUT2D eigenvalue weighted by atomic mass is 16.6. The number of carbonyl (C=O) groups excluding carboxylic acids is 3. The molecule has 0 amide bonds. The smallest absolute Gasteiger partial charge is 0.306 e. The number of esters is 3.